The number of hydrogen-bond donors (Lipinski definition) is 1. The summed E-state index contributed by atoms with van der Waals surface area (Å²) in [6, 6.07) is 9.58. The lowest BCUT2D eigenvalue weighted by Gasteiger charge is -2.21. The molecule has 0 fully saturated rings. The summed E-state index contributed by atoms with van der Waals surface area (Å²) in [5.41, 5.74) is 0.471. The van der Waals surface area contributed by atoms with Crippen LogP contribution in [0.1, 0.15) is 32.8 Å². The molecule has 0 aliphatic carbocycles. The van der Waals surface area contributed by atoms with Crippen molar-refractivity contribution in [2.45, 2.75) is 39.4 Å². The van der Waals surface area contributed by atoms with Gasteiger partial charge >= 0.3 is 12.1 Å². The van der Waals surface area contributed by atoms with Crippen molar-refractivity contribution >= 4 is 12.1 Å². The lowest BCUT2D eigenvalue weighted by molar-refractivity contribution is -0.145. The van der Waals surface area contributed by atoms with E-state index in [1.165, 1.54) is 0 Å². The third-order valence-electron chi connectivity index (χ3n) is 3.10. The zero-order valence-electron chi connectivity index (χ0n) is 15.0. The summed E-state index contributed by atoms with van der Waals surface area (Å²) in [6.45, 7) is 7.42. The molecule has 0 saturated carbocycles. The van der Waals surface area contributed by atoms with E-state index in [4.69, 9.17) is 9.47 Å². The molecule has 0 aliphatic rings. The minimum absolute atomic E-state index is 0.231. The fourth-order valence-corrected chi connectivity index (χ4v) is 1.87. The summed E-state index contributed by atoms with van der Waals surface area (Å²) < 4.78 is 10.4. The number of rotatable bonds is 8. The number of alkyl carbamates (subject to hydrolysis) is 1. The summed E-state index contributed by atoms with van der Waals surface area (Å²) in [5.74, 6) is -0.231. The second kappa shape index (κ2) is 9.93. The van der Waals surface area contributed by atoms with E-state index in [-0.39, 0.29) is 5.97 Å². The molecule has 134 valence electrons. The van der Waals surface area contributed by atoms with E-state index < -0.39 is 11.7 Å². The molecule has 1 N–H and O–H groups in total. The zero-order valence-corrected chi connectivity index (χ0v) is 15.0. The number of benzene rings is 1. The Morgan fingerprint density at radius 3 is 2.42 bits per heavy atom. The molecule has 1 aromatic rings. The van der Waals surface area contributed by atoms with Crippen molar-refractivity contribution in [3.8, 4) is 0 Å². The number of amides is 1. The van der Waals surface area contributed by atoms with E-state index in [0.29, 0.717) is 32.7 Å². The number of nitrogens with one attached hydrogen (secondary N) is 1. The SMILES string of the molecule is CN(CCNC(=O)OC(C)(C)C)CCC(=O)OCc1ccccc1. The molecule has 0 radical (unpaired) electrons. The number of nitrogens with zero attached hydrogens (tertiary/aromatic N) is 1. The van der Waals surface area contributed by atoms with Gasteiger partial charge in [0.1, 0.15) is 12.2 Å². The highest BCUT2D eigenvalue weighted by Gasteiger charge is 2.15. The van der Waals surface area contributed by atoms with E-state index in [0.717, 1.165) is 5.56 Å². The molecule has 0 spiro atoms. The van der Waals surface area contributed by atoms with Crippen molar-refractivity contribution in [3.05, 3.63) is 35.9 Å². The van der Waals surface area contributed by atoms with Crippen molar-refractivity contribution < 1.29 is 19.1 Å². The van der Waals surface area contributed by atoms with Gasteiger partial charge in [-0.2, -0.15) is 0 Å². The fourth-order valence-electron chi connectivity index (χ4n) is 1.87. The van der Waals surface area contributed by atoms with Gasteiger partial charge in [0.05, 0.1) is 6.42 Å². The van der Waals surface area contributed by atoms with E-state index in [2.05, 4.69) is 5.32 Å². The number of esters is 1. The van der Waals surface area contributed by atoms with Crippen LogP contribution in [0, 0.1) is 0 Å². The van der Waals surface area contributed by atoms with E-state index in [1.54, 1.807) is 0 Å². The zero-order chi connectivity index (χ0) is 18.0. The summed E-state index contributed by atoms with van der Waals surface area (Å²) >= 11 is 0. The number of likely N-dealkylation sites (N-methyl/N-ethyl adjacent to an activating group) is 1. The first-order valence-electron chi connectivity index (χ1n) is 8.11. The monoisotopic (exact) mass is 336 g/mol. The smallest absolute Gasteiger partial charge is 0.407 e. The second-order valence-corrected chi connectivity index (χ2v) is 6.63. The van der Waals surface area contributed by atoms with Crippen LogP contribution < -0.4 is 5.32 Å². The normalized spacial score (nSPS) is 11.2. The molecule has 0 aliphatic heterocycles. The maximum atomic E-state index is 11.7. The predicted octanol–water partition coefficient (Wildman–Crippen LogP) is 2.58. The maximum Gasteiger partial charge on any atom is 0.407 e. The van der Waals surface area contributed by atoms with Gasteiger partial charge in [-0.25, -0.2) is 4.79 Å². The quantitative estimate of drug-likeness (QED) is 0.739. The Kier molecular flexibility index (Phi) is 8.26. The first-order chi connectivity index (χ1) is 11.3. The van der Waals surface area contributed by atoms with Crippen LogP contribution in [-0.4, -0.2) is 49.2 Å². The highest BCUT2D eigenvalue weighted by molar-refractivity contribution is 5.69. The summed E-state index contributed by atoms with van der Waals surface area (Å²) in [4.78, 5) is 25.2. The van der Waals surface area contributed by atoms with Crippen LogP contribution in [0.15, 0.2) is 30.3 Å². The Balaban J connectivity index is 2.11. The van der Waals surface area contributed by atoms with Gasteiger partial charge in [0.2, 0.25) is 0 Å². The Labute approximate surface area is 144 Å². The Bertz CT molecular complexity index is 512. The van der Waals surface area contributed by atoms with Gasteiger partial charge in [-0.1, -0.05) is 30.3 Å². The minimum Gasteiger partial charge on any atom is -0.461 e. The molecule has 0 aromatic heterocycles. The predicted molar refractivity (Wildman–Crippen MR) is 92.6 cm³/mol. The molecule has 0 heterocycles. The molecule has 6 heteroatoms. The molecule has 1 amide bonds. The van der Waals surface area contributed by atoms with E-state index >= 15 is 0 Å². The van der Waals surface area contributed by atoms with E-state index in [1.807, 2.05) is 63.1 Å². The fraction of sp³-hybridized carbons (Fsp3) is 0.556. The average molecular weight is 336 g/mol. The van der Waals surface area contributed by atoms with Gasteiger partial charge in [0.25, 0.3) is 0 Å². The van der Waals surface area contributed by atoms with Crippen molar-refractivity contribution in [2.75, 3.05) is 26.7 Å². The third kappa shape index (κ3) is 9.84. The van der Waals surface area contributed by atoms with Gasteiger partial charge in [0, 0.05) is 19.6 Å². The van der Waals surface area contributed by atoms with Crippen molar-refractivity contribution in [1.82, 2.24) is 10.2 Å². The molecule has 0 unspecified atom stereocenters. The second-order valence-electron chi connectivity index (χ2n) is 6.63. The lowest BCUT2D eigenvalue weighted by atomic mass is 10.2. The molecule has 1 aromatic carbocycles. The van der Waals surface area contributed by atoms with Crippen LogP contribution in [0.3, 0.4) is 0 Å². The largest absolute Gasteiger partial charge is 0.461 e. The van der Waals surface area contributed by atoms with Gasteiger partial charge < -0.3 is 19.7 Å². The Hall–Kier alpha value is -2.08. The van der Waals surface area contributed by atoms with Crippen molar-refractivity contribution in [1.29, 1.82) is 0 Å². The molecule has 0 atom stereocenters. The standard InChI is InChI=1S/C18H28N2O4/c1-18(2,3)24-17(22)19-11-13-20(4)12-10-16(21)23-14-15-8-6-5-7-9-15/h5-9H,10-14H2,1-4H3,(H,19,22). The topological polar surface area (TPSA) is 67.9 Å². The van der Waals surface area contributed by atoms with Crippen LogP contribution in [0.2, 0.25) is 0 Å². The average Bonchev–Trinajstić information content (AvgIpc) is 2.50. The van der Waals surface area contributed by atoms with Crippen LogP contribution >= 0.6 is 0 Å². The van der Waals surface area contributed by atoms with Crippen LogP contribution in [0.5, 0.6) is 0 Å². The molecule has 1 rings (SSSR count). The highest BCUT2D eigenvalue weighted by atomic mass is 16.6. The van der Waals surface area contributed by atoms with E-state index in [9.17, 15) is 9.59 Å². The minimum atomic E-state index is -0.501. The molecule has 0 bridgehead atoms. The van der Waals surface area contributed by atoms with Crippen molar-refractivity contribution in [3.63, 3.8) is 0 Å². The van der Waals surface area contributed by atoms with Crippen LogP contribution in [-0.2, 0) is 20.9 Å². The number of ether oxygens (including phenoxy) is 2. The van der Waals surface area contributed by atoms with Crippen LogP contribution in [0.4, 0.5) is 4.79 Å². The Morgan fingerprint density at radius 1 is 1.12 bits per heavy atom. The molecule has 6 nitrogen and oxygen atoms in total. The molecular formula is C18H28N2O4. The molecule has 0 saturated heterocycles. The van der Waals surface area contributed by atoms with Gasteiger partial charge in [0.15, 0.2) is 0 Å². The third-order valence-corrected chi connectivity index (χ3v) is 3.10. The summed E-state index contributed by atoms with van der Waals surface area (Å²) in [5, 5.41) is 2.69. The van der Waals surface area contributed by atoms with Gasteiger partial charge in [-0.15, -0.1) is 0 Å². The highest BCUT2D eigenvalue weighted by Crippen LogP contribution is 2.06. The number of carbonyl (C=O) groups is 2. The Morgan fingerprint density at radius 2 is 1.79 bits per heavy atom. The number of carbonyl (C=O) groups excluding carboxylic acids is 2. The summed E-state index contributed by atoms with van der Waals surface area (Å²) in [6.07, 6.45) is -0.117. The van der Waals surface area contributed by atoms with Gasteiger partial charge in [-0.05, 0) is 33.4 Å². The first-order valence-corrected chi connectivity index (χ1v) is 8.11. The number of hydrogen-bond acceptors (Lipinski definition) is 5. The summed E-state index contributed by atoms with van der Waals surface area (Å²) in [7, 11) is 1.89. The van der Waals surface area contributed by atoms with Crippen molar-refractivity contribution in [2.24, 2.45) is 0 Å². The maximum absolute atomic E-state index is 11.7. The lowest BCUT2D eigenvalue weighted by Crippen LogP contribution is -2.37. The molecular weight excluding hydrogens is 308 g/mol. The molecule has 24 heavy (non-hydrogen) atoms. The van der Waals surface area contributed by atoms with Gasteiger partial charge in [-0.3, -0.25) is 4.79 Å². The van der Waals surface area contributed by atoms with Crippen LogP contribution in [0.25, 0.3) is 0 Å². The first kappa shape index (κ1) is 20.0.